The van der Waals surface area contributed by atoms with Gasteiger partial charge in [0.2, 0.25) is 5.89 Å². The van der Waals surface area contributed by atoms with Crippen molar-refractivity contribution in [3.8, 4) is 28.3 Å². The molecule has 0 radical (unpaired) electrons. The fourth-order valence-corrected chi connectivity index (χ4v) is 3.50. The lowest BCUT2D eigenvalue weighted by atomic mass is 10.0. The smallest absolute Gasteiger partial charge is 0.227 e. The molecule has 0 spiro atoms. The van der Waals surface area contributed by atoms with Crippen molar-refractivity contribution >= 4 is 23.3 Å². The molecule has 0 bridgehead atoms. The number of hydrogen-bond acceptors (Lipinski definition) is 3. The van der Waals surface area contributed by atoms with E-state index < -0.39 is 0 Å². The first-order valence-corrected chi connectivity index (χ1v) is 10.2. The van der Waals surface area contributed by atoms with Crippen molar-refractivity contribution in [1.82, 2.24) is 4.98 Å². The van der Waals surface area contributed by atoms with E-state index in [1.165, 1.54) is 11.1 Å². The highest BCUT2D eigenvalue weighted by Crippen LogP contribution is 2.27. The monoisotopic (exact) mass is 403 g/mol. The lowest BCUT2D eigenvalue weighted by Gasteiger charge is -2.02. The van der Waals surface area contributed by atoms with E-state index in [4.69, 9.17) is 9.15 Å². The zero-order valence-electron chi connectivity index (χ0n) is 17.2. The van der Waals surface area contributed by atoms with E-state index in [9.17, 15) is 0 Å². The Hall–Kier alpha value is -4.11. The van der Waals surface area contributed by atoms with Crippen LogP contribution in [0.3, 0.4) is 0 Å². The number of nitrogens with zero attached hydrogens (tertiary/aromatic N) is 1. The molecule has 3 heteroatoms. The van der Waals surface area contributed by atoms with Crippen LogP contribution in [0, 0.1) is 0 Å². The third-order valence-corrected chi connectivity index (χ3v) is 5.24. The number of aromatic nitrogens is 1. The number of ether oxygens (including phenoxy) is 1. The van der Waals surface area contributed by atoms with Gasteiger partial charge in [0.25, 0.3) is 0 Å². The van der Waals surface area contributed by atoms with E-state index in [1.807, 2.05) is 36.4 Å². The molecule has 5 aromatic rings. The summed E-state index contributed by atoms with van der Waals surface area (Å²) in [5, 5.41) is 0. The summed E-state index contributed by atoms with van der Waals surface area (Å²) in [6.45, 7) is 0. The van der Waals surface area contributed by atoms with Crippen LogP contribution in [0.4, 0.5) is 0 Å². The van der Waals surface area contributed by atoms with Gasteiger partial charge in [-0.3, -0.25) is 0 Å². The first-order valence-electron chi connectivity index (χ1n) is 10.2. The highest BCUT2D eigenvalue weighted by Gasteiger charge is 2.09. The molecule has 5 rings (SSSR count). The van der Waals surface area contributed by atoms with E-state index in [2.05, 4.69) is 77.8 Å². The maximum absolute atomic E-state index is 5.90. The van der Waals surface area contributed by atoms with Crippen LogP contribution in [-0.4, -0.2) is 12.1 Å². The Kier molecular flexibility index (Phi) is 5.07. The maximum atomic E-state index is 5.90. The Bertz CT molecular complexity index is 1330. The highest BCUT2D eigenvalue weighted by molar-refractivity contribution is 5.78. The number of hydrogen-bond donors (Lipinski definition) is 0. The number of benzene rings is 4. The maximum Gasteiger partial charge on any atom is 0.227 e. The van der Waals surface area contributed by atoms with Crippen LogP contribution < -0.4 is 4.74 Å². The zero-order chi connectivity index (χ0) is 21.0. The Morgan fingerprint density at radius 3 is 1.94 bits per heavy atom. The van der Waals surface area contributed by atoms with Gasteiger partial charge in [-0.05, 0) is 46.5 Å². The van der Waals surface area contributed by atoms with E-state index in [-0.39, 0.29) is 0 Å². The van der Waals surface area contributed by atoms with Gasteiger partial charge in [-0.1, -0.05) is 78.9 Å². The standard InChI is InChI=1S/C28H21NO2/c1-30-25-17-18-26-27(19-25)31-28(29-26)24-15-11-21(12-16-24)8-7-20-9-13-23(14-10-20)22-5-3-2-4-6-22/h2-19H,1H3. The van der Waals surface area contributed by atoms with Crippen molar-refractivity contribution in [1.29, 1.82) is 0 Å². The van der Waals surface area contributed by atoms with Gasteiger partial charge >= 0.3 is 0 Å². The van der Waals surface area contributed by atoms with Gasteiger partial charge in [0.1, 0.15) is 11.3 Å². The lowest BCUT2D eigenvalue weighted by molar-refractivity contribution is 0.414. The molecule has 150 valence electrons. The second kappa shape index (κ2) is 8.33. The van der Waals surface area contributed by atoms with E-state index in [1.54, 1.807) is 7.11 Å². The zero-order valence-corrected chi connectivity index (χ0v) is 17.2. The summed E-state index contributed by atoms with van der Waals surface area (Å²) < 4.78 is 11.2. The van der Waals surface area contributed by atoms with Crippen molar-refractivity contribution in [2.45, 2.75) is 0 Å². The predicted molar refractivity (Wildman–Crippen MR) is 127 cm³/mol. The molecule has 0 atom stereocenters. The summed E-state index contributed by atoms with van der Waals surface area (Å²) in [6.07, 6.45) is 4.23. The molecule has 31 heavy (non-hydrogen) atoms. The van der Waals surface area contributed by atoms with Crippen LogP contribution in [0.25, 0.3) is 45.8 Å². The number of rotatable bonds is 5. The summed E-state index contributed by atoms with van der Waals surface area (Å²) in [6, 6.07) is 32.8. The van der Waals surface area contributed by atoms with Crippen LogP contribution in [-0.2, 0) is 0 Å². The van der Waals surface area contributed by atoms with Crippen LogP contribution in [0.1, 0.15) is 11.1 Å². The molecule has 4 aromatic carbocycles. The Balaban J connectivity index is 1.31. The van der Waals surface area contributed by atoms with Crippen molar-refractivity contribution < 1.29 is 9.15 Å². The van der Waals surface area contributed by atoms with E-state index >= 15 is 0 Å². The molecule has 0 fully saturated rings. The van der Waals surface area contributed by atoms with Gasteiger partial charge in [-0.2, -0.15) is 0 Å². The Morgan fingerprint density at radius 2 is 1.29 bits per heavy atom. The molecule has 0 aliphatic rings. The van der Waals surface area contributed by atoms with Gasteiger partial charge in [0, 0.05) is 11.6 Å². The number of methoxy groups -OCH3 is 1. The molecule has 1 aromatic heterocycles. The average Bonchev–Trinajstić information content (AvgIpc) is 3.27. The minimum absolute atomic E-state index is 0.607. The fraction of sp³-hybridized carbons (Fsp3) is 0.0357. The predicted octanol–water partition coefficient (Wildman–Crippen LogP) is 7.34. The number of oxazole rings is 1. The van der Waals surface area contributed by atoms with Crippen molar-refractivity contribution in [2.75, 3.05) is 7.11 Å². The van der Waals surface area contributed by atoms with Crippen molar-refractivity contribution in [2.24, 2.45) is 0 Å². The number of fused-ring (bicyclic) bond motifs is 1. The summed E-state index contributed by atoms with van der Waals surface area (Å²) in [5.41, 5.74) is 7.21. The minimum Gasteiger partial charge on any atom is -0.497 e. The Labute approximate surface area is 181 Å². The minimum atomic E-state index is 0.607. The van der Waals surface area contributed by atoms with Gasteiger partial charge in [0.15, 0.2) is 5.58 Å². The third kappa shape index (κ3) is 4.12. The molecule has 0 saturated carbocycles. The van der Waals surface area contributed by atoms with Gasteiger partial charge in [-0.15, -0.1) is 0 Å². The van der Waals surface area contributed by atoms with Gasteiger partial charge in [0.05, 0.1) is 7.11 Å². The summed E-state index contributed by atoms with van der Waals surface area (Å²) >= 11 is 0. The van der Waals surface area contributed by atoms with Gasteiger partial charge < -0.3 is 9.15 Å². The normalized spacial score (nSPS) is 11.3. The van der Waals surface area contributed by atoms with Crippen LogP contribution in [0.5, 0.6) is 5.75 Å². The molecular weight excluding hydrogens is 382 g/mol. The quantitative estimate of drug-likeness (QED) is 0.288. The van der Waals surface area contributed by atoms with Gasteiger partial charge in [-0.25, -0.2) is 4.98 Å². The molecule has 1 heterocycles. The second-order valence-electron chi connectivity index (χ2n) is 7.30. The largest absolute Gasteiger partial charge is 0.497 e. The Morgan fingerprint density at radius 1 is 0.677 bits per heavy atom. The first kappa shape index (κ1) is 18.9. The van der Waals surface area contributed by atoms with E-state index in [0.29, 0.717) is 5.89 Å². The lowest BCUT2D eigenvalue weighted by Crippen LogP contribution is -1.80. The molecule has 0 amide bonds. The molecular formula is C28H21NO2. The van der Waals surface area contributed by atoms with Crippen molar-refractivity contribution in [3.63, 3.8) is 0 Å². The first-order chi connectivity index (χ1) is 15.3. The molecule has 0 N–H and O–H groups in total. The average molecular weight is 403 g/mol. The van der Waals surface area contributed by atoms with Crippen LogP contribution >= 0.6 is 0 Å². The van der Waals surface area contributed by atoms with Crippen LogP contribution in [0.2, 0.25) is 0 Å². The summed E-state index contributed by atoms with van der Waals surface area (Å²) in [4.78, 5) is 4.57. The summed E-state index contributed by atoms with van der Waals surface area (Å²) in [5.74, 6) is 1.36. The molecule has 0 aliphatic carbocycles. The highest BCUT2D eigenvalue weighted by atomic mass is 16.5. The second-order valence-corrected chi connectivity index (χ2v) is 7.30. The van der Waals surface area contributed by atoms with Crippen LogP contribution in [0.15, 0.2) is 101 Å². The third-order valence-electron chi connectivity index (χ3n) is 5.24. The molecule has 0 aliphatic heterocycles. The SMILES string of the molecule is COc1ccc2nc(-c3ccc(C=Cc4ccc(-c5ccccc5)cc4)cc3)oc2c1. The van der Waals surface area contributed by atoms with E-state index in [0.717, 1.165) is 33.5 Å². The fourth-order valence-electron chi connectivity index (χ4n) is 3.50. The molecule has 0 unspecified atom stereocenters. The summed E-state index contributed by atoms with van der Waals surface area (Å²) in [7, 11) is 1.64. The topological polar surface area (TPSA) is 35.3 Å². The molecule has 3 nitrogen and oxygen atoms in total. The molecule has 0 saturated heterocycles. The van der Waals surface area contributed by atoms with Crippen molar-refractivity contribution in [3.05, 3.63) is 108 Å².